The number of carbonyl (C=O) groups is 2. The lowest BCUT2D eigenvalue weighted by atomic mass is 10.0. The van der Waals surface area contributed by atoms with Gasteiger partial charge in [0, 0.05) is 11.1 Å². The highest BCUT2D eigenvalue weighted by Gasteiger charge is 2.21. The number of amides is 1. The highest BCUT2D eigenvalue weighted by Crippen LogP contribution is 2.21. The number of ketones is 1. The molecule has 3 aromatic rings. The summed E-state index contributed by atoms with van der Waals surface area (Å²) in [7, 11) is 0. The zero-order valence-electron chi connectivity index (χ0n) is 16.7. The van der Waals surface area contributed by atoms with Gasteiger partial charge in [0.1, 0.15) is 5.75 Å². The molecule has 3 rings (SSSR count). The van der Waals surface area contributed by atoms with Crippen LogP contribution < -0.4 is 10.1 Å². The number of rotatable bonds is 8. The van der Waals surface area contributed by atoms with E-state index in [1.807, 2.05) is 49.4 Å². The Kier molecular flexibility index (Phi) is 6.80. The number of hydrogen-bond acceptors (Lipinski definition) is 3. The van der Waals surface area contributed by atoms with Crippen molar-refractivity contribution in [2.24, 2.45) is 0 Å². The van der Waals surface area contributed by atoms with E-state index in [-0.39, 0.29) is 11.7 Å². The lowest BCUT2D eigenvalue weighted by molar-refractivity contribution is -0.122. The van der Waals surface area contributed by atoms with Gasteiger partial charge in [0.25, 0.3) is 5.91 Å². The van der Waals surface area contributed by atoms with Gasteiger partial charge in [-0.25, -0.2) is 0 Å². The smallest absolute Gasteiger partial charge is 0.265 e. The van der Waals surface area contributed by atoms with Gasteiger partial charge in [0.05, 0.1) is 5.69 Å². The third-order valence-electron chi connectivity index (χ3n) is 4.74. The lowest BCUT2D eigenvalue weighted by Crippen LogP contribution is -2.32. The van der Waals surface area contributed by atoms with Crippen molar-refractivity contribution >= 4 is 17.4 Å². The largest absolute Gasteiger partial charge is 0.481 e. The minimum atomic E-state index is -0.651. The first-order chi connectivity index (χ1) is 14.1. The molecule has 0 aliphatic heterocycles. The first-order valence-corrected chi connectivity index (χ1v) is 9.87. The molecule has 0 radical (unpaired) electrons. The predicted octanol–water partition coefficient (Wildman–Crippen LogP) is 5.28. The Morgan fingerprint density at radius 1 is 0.862 bits per heavy atom. The summed E-state index contributed by atoms with van der Waals surface area (Å²) in [5.41, 5.74) is 2.72. The zero-order chi connectivity index (χ0) is 20.6. The number of ether oxygens (including phenoxy) is 1. The molecule has 0 bridgehead atoms. The van der Waals surface area contributed by atoms with E-state index in [1.165, 1.54) is 5.56 Å². The third-order valence-corrected chi connectivity index (χ3v) is 4.74. The maximum atomic E-state index is 12.9. The van der Waals surface area contributed by atoms with Crippen LogP contribution in [-0.2, 0) is 11.2 Å². The minimum absolute atomic E-state index is 0.134. The summed E-state index contributed by atoms with van der Waals surface area (Å²) in [4.78, 5) is 25.7. The first-order valence-electron chi connectivity index (χ1n) is 9.87. The second-order valence-electron chi connectivity index (χ2n) is 6.74. The molecule has 29 heavy (non-hydrogen) atoms. The molecule has 0 fully saturated rings. The summed E-state index contributed by atoms with van der Waals surface area (Å²) in [5.74, 6) is 0.240. The third kappa shape index (κ3) is 5.11. The van der Waals surface area contributed by atoms with Crippen molar-refractivity contribution in [3.63, 3.8) is 0 Å². The van der Waals surface area contributed by atoms with Crippen molar-refractivity contribution in [1.82, 2.24) is 0 Å². The fourth-order valence-electron chi connectivity index (χ4n) is 3.04. The standard InChI is InChI=1S/C25H25NO3/c1-3-18-14-16-20(17-15-18)29-23(4-2)25(28)26-22-13-9-8-12-21(22)24(27)19-10-6-5-7-11-19/h5-17,23H,3-4H2,1-2H3,(H,26,28)/t23-/m0/s1. The van der Waals surface area contributed by atoms with Gasteiger partial charge in [0.2, 0.25) is 0 Å². The van der Waals surface area contributed by atoms with E-state index >= 15 is 0 Å². The summed E-state index contributed by atoms with van der Waals surface area (Å²) < 4.78 is 5.89. The van der Waals surface area contributed by atoms with E-state index in [0.29, 0.717) is 29.0 Å². The molecule has 0 aromatic heterocycles. The van der Waals surface area contributed by atoms with Gasteiger partial charge < -0.3 is 10.1 Å². The van der Waals surface area contributed by atoms with Gasteiger partial charge >= 0.3 is 0 Å². The van der Waals surface area contributed by atoms with E-state index in [0.717, 1.165) is 6.42 Å². The molecule has 4 heteroatoms. The molecule has 1 amide bonds. The Hall–Kier alpha value is -3.40. The van der Waals surface area contributed by atoms with Crippen LogP contribution in [0.4, 0.5) is 5.69 Å². The van der Waals surface area contributed by atoms with Gasteiger partial charge in [-0.3, -0.25) is 9.59 Å². The molecule has 0 aliphatic rings. The number of nitrogens with one attached hydrogen (secondary N) is 1. The molecule has 148 valence electrons. The van der Waals surface area contributed by atoms with Crippen LogP contribution in [0.3, 0.4) is 0 Å². The van der Waals surface area contributed by atoms with Crippen molar-refractivity contribution in [2.45, 2.75) is 32.8 Å². The van der Waals surface area contributed by atoms with E-state index in [4.69, 9.17) is 4.74 Å². The monoisotopic (exact) mass is 387 g/mol. The maximum Gasteiger partial charge on any atom is 0.265 e. The maximum absolute atomic E-state index is 12.9. The molecule has 0 aliphatic carbocycles. The number of para-hydroxylation sites is 1. The van der Waals surface area contributed by atoms with Crippen molar-refractivity contribution in [3.05, 3.63) is 95.6 Å². The van der Waals surface area contributed by atoms with Crippen molar-refractivity contribution < 1.29 is 14.3 Å². The van der Waals surface area contributed by atoms with Crippen LogP contribution in [0.5, 0.6) is 5.75 Å². The summed E-state index contributed by atoms with van der Waals surface area (Å²) in [6.07, 6.45) is 0.808. The van der Waals surface area contributed by atoms with E-state index in [2.05, 4.69) is 12.2 Å². The van der Waals surface area contributed by atoms with Crippen LogP contribution in [0.1, 0.15) is 41.8 Å². The van der Waals surface area contributed by atoms with Gasteiger partial charge in [-0.1, -0.05) is 68.4 Å². The summed E-state index contributed by atoms with van der Waals surface area (Å²) in [6, 6.07) is 23.8. The van der Waals surface area contributed by atoms with Gasteiger partial charge in [0.15, 0.2) is 11.9 Å². The van der Waals surface area contributed by atoms with E-state index in [1.54, 1.807) is 36.4 Å². The van der Waals surface area contributed by atoms with Crippen LogP contribution >= 0.6 is 0 Å². The molecule has 4 nitrogen and oxygen atoms in total. The number of aryl methyl sites for hydroxylation is 1. The SMILES string of the molecule is CCc1ccc(O[C@@H](CC)C(=O)Nc2ccccc2C(=O)c2ccccc2)cc1. The number of anilines is 1. The van der Waals surface area contributed by atoms with Crippen LogP contribution in [0.25, 0.3) is 0 Å². The van der Waals surface area contributed by atoms with Crippen LogP contribution in [0.15, 0.2) is 78.9 Å². The van der Waals surface area contributed by atoms with Gasteiger partial charge in [-0.15, -0.1) is 0 Å². The number of carbonyl (C=O) groups excluding carboxylic acids is 2. The second kappa shape index (κ2) is 9.69. The van der Waals surface area contributed by atoms with Gasteiger partial charge in [-0.05, 0) is 42.7 Å². The molecule has 0 saturated carbocycles. The van der Waals surface area contributed by atoms with E-state index in [9.17, 15) is 9.59 Å². The number of benzene rings is 3. The Balaban J connectivity index is 1.76. The average molecular weight is 387 g/mol. The molecule has 0 saturated heterocycles. The van der Waals surface area contributed by atoms with Crippen molar-refractivity contribution in [2.75, 3.05) is 5.32 Å². The molecule has 1 N–H and O–H groups in total. The van der Waals surface area contributed by atoms with Crippen LogP contribution in [0.2, 0.25) is 0 Å². The Bertz CT molecular complexity index is 965. The summed E-state index contributed by atoms with van der Waals surface area (Å²) in [5, 5.41) is 2.87. The topological polar surface area (TPSA) is 55.4 Å². The molecular weight excluding hydrogens is 362 g/mol. The van der Waals surface area contributed by atoms with Gasteiger partial charge in [-0.2, -0.15) is 0 Å². The lowest BCUT2D eigenvalue weighted by Gasteiger charge is -2.18. The molecule has 1 atom stereocenters. The summed E-state index contributed by atoms with van der Waals surface area (Å²) >= 11 is 0. The molecule has 0 unspecified atom stereocenters. The fourth-order valence-corrected chi connectivity index (χ4v) is 3.04. The van der Waals surface area contributed by atoms with Crippen LogP contribution in [-0.4, -0.2) is 17.8 Å². The number of hydrogen-bond donors (Lipinski definition) is 1. The van der Waals surface area contributed by atoms with E-state index < -0.39 is 6.10 Å². The Morgan fingerprint density at radius 2 is 1.52 bits per heavy atom. The molecule has 0 heterocycles. The van der Waals surface area contributed by atoms with Crippen molar-refractivity contribution in [3.8, 4) is 5.75 Å². The highest BCUT2D eigenvalue weighted by molar-refractivity contribution is 6.14. The first kappa shape index (κ1) is 20.3. The Morgan fingerprint density at radius 3 is 2.17 bits per heavy atom. The van der Waals surface area contributed by atoms with Crippen LogP contribution in [0, 0.1) is 0 Å². The normalized spacial score (nSPS) is 11.5. The molecule has 3 aromatic carbocycles. The fraction of sp³-hybridized carbons (Fsp3) is 0.200. The molecular formula is C25H25NO3. The molecule has 0 spiro atoms. The Labute approximate surface area is 171 Å². The second-order valence-corrected chi connectivity index (χ2v) is 6.74. The predicted molar refractivity (Wildman–Crippen MR) is 115 cm³/mol. The minimum Gasteiger partial charge on any atom is -0.481 e. The average Bonchev–Trinajstić information content (AvgIpc) is 2.78. The highest BCUT2D eigenvalue weighted by atomic mass is 16.5. The summed E-state index contributed by atoms with van der Waals surface area (Å²) in [6.45, 7) is 3.98. The quantitative estimate of drug-likeness (QED) is 0.535. The van der Waals surface area contributed by atoms with Crippen molar-refractivity contribution in [1.29, 1.82) is 0 Å². The zero-order valence-corrected chi connectivity index (χ0v) is 16.7.